The lowest BCUT2D eigenvalue weighted by atomic mass is 9.91. The molecule has 1 heterocycles. The van der Waals surface area contributed by atoms with Crippen LogP contribution in [-0.2, 0) is 11.3 Å². The van der Waals surface area contributed by atoms with E-state index >= 15 is 0 Å². The fourth-order valence-corrected chi connectivity index (χ4v) is 3.50. The molecule has 0 spiro atoms. The minimum Gasteiger partial charge on any atom is -0.497 e. The molecule has 0 N–H and O–H groups in total. The zero-order valence-corrected chi connectivity index (χ0v) is 16.4. The van der Waals surface area contributed by atoms with Crippen molar-refractivity contribution in [3.05, 3.63) is 101 Å². The van der Waals surface area contributed by atoms with Crippen molar-refractivity contribution in [2.75, 3.05) is 7.11 Å². The molecule has 4 nitrogen and oxygen atoms in total. The SMILES string of the molecule is COc1ccc(CN2C(=O)/C(=C/c3ccccc3C)c3ccccc3C2=O)cc1. The average Bonchev–Trinajstić information content (AvgIpc) is 2.76. The van der Waals surface area contributed by atoms with Crippen LogP contribution in [0.2, 0.25) is 0 Å². The van der Waals surface area contributed by atoms with E-state index in [1.54, 1.807) is 13.2 Å². The molecule has 4 heteroatoms. The standard InChI is InChI=1S/C25H21NO3/c1-17-7-3-4-8-19(17)15-23-21-9-5-6-10-22(21)24(27)26(25(23)28)16-18-11-13-20(29-2)14-12-18/h3-15H,16H2,1-2H3/b23-15+. The highest BCUT2D eigenvalue weighted by molar-refractivity contribution is 6.33. The third-order valence-corrected chi connectivity index (χ3v) is 5.16. The van der Waals surface area contributed by atoms with Gasteiger partial charge >= 0.3 is 0 Å². The highest BCUT2D eigenvalue weighted by Crippen LogP contribution is 2.32. The van der Waals surface area contributed by atoms with Crippen molar-refractivity contribution >= 4 is 23.5 Å². The first-order valence-electron chi connectivity index (χ1n) is 9.44. The number of fused-ring (bicyclic) bond motifs is 1. The first-order valence-corrected chi connectivity index (χ1v) is 9.44. The second-order valence-electron chi connectivity index (χ2n) is 7.00. The number of carbonyl (C=O) groups is 2. The summed E-state index contributed by atoms with van der Waals surface area (Å²) in [4.78, 5) is 27.7. The summed E-state index contributed by atoms with van der Waals surface area (Å²) in [6, 6.07) is 22.6. The van der Waals surface area contributed by atoms with Gasteiger partial charge in [-0.25, -0.2) is 0 Å². The van der Waals surface area contributed by atoms with Crippen molar-refractivity contribution < 1.29 is 14.3 Å². The molecule has 0 saturated carbocycles. The van der Waals surface area contributed by atoms with Gasteiger partial charge in [-0.3, -0.25) is 14.5 Å². The molecule has 29 heavy (non-hydrogen) atoms. The molecule has 0 radical (unpaired) electrons. The molecule has 0 aromatic heterocycles. The van der Waals surface area contributed by atoms with E-state index in [-0.39, 0.29) is 18.4 Å². The first kappa shape index (κ1) is 18.7. The number of rotatable bonds is 4. The third kappa shape index (κ3) is 3.57. The quantitative estimate of drug-likeness (QED) is 0.483. The highest BCUT2D eigenvalue weighted by atomic mass is 16.5. The monoisotopic (exact) mass is 383 g/mol. The van der Waals surface area contributed by atoms with Gasteiger partial charge in [-0.05, 0) is 53.5 Å². The maximum atomic E-state index is 13.4. The number of ether oxygens (including phenoxy) is 1. The van der Waals surface area contributed by atoms with E-state index < -0.39 is 0 Å². The Morgan fingerprint density at radius 3 is 2.17 bits per heavy atom. The van der Waals surface area contributed by atoms with E-state index in [2.05, 4.69) is 0 Å². The molecule has 0 saturated heterocycles. The maximum Gasteiger partial charge on any atom is 0.261 e. The smallest absolute Gasteiger partial charge is 0.261 e. The van der Waals surface area contributed by atoms with Crippen LogP contribution in [0.1, 0.15) is 32.6 Å². The summed E-state index contributed by atoms with van der Waals surface area (Å²) in [7, 11) is 1.60. The summed E-state index contributed by atoms with van der Waals surface area (Å²) >= 11 is 0. The lowest BCUT2D eigenvalue weighted by Gasteiger charge is -2.29. The largest absolute Gasteiger partial charge is 0.497 e. The minimum absolute atomic E-state index is 0.209. The van der Waals surface area contributed by atoms with Gasteiger partial charge in [-0.1, -0.05) is 54.6 Å². The van der Waals surface area contributed by atoms with Gasteiger partial charge < -0.3 is 4.74 Å². The van der Waals surface area contributed by atoms with Crippen molar-refractivity contribution in [3.8, 4) is 5.75 Å². The number of benzene rings is 3. The maximum absolute atomic E-state index is 13.4. The van der Waals surface area contributed by atoms with E-state index in [0.29, 0.717) is 16.7 Å². The van der Waals surface area contributed by atoms with Crippen LogP contribution < -0.4 is 4.74 Å². The predicted molar refractivity (Wildman–Crippen MR) is 113 cm³/mol. The molecule has 0 unspecified atom stereocenters. The van der Waals surface area contributed by atoms with Crippen molar-refractivity contribution in [1.82, 2.24) is 4.90 Å². The normalized spacial score (nSPS) is 14.8. The van der Waals surface area contributed by atoms with Gasteiger partial charge in [0.2, 0.25) is 0 Å². The zero-order valence-electron chi connectivity index (χ0n) is 16.4. The number of amides is 2. The Bertz CT molecular complexity index is 1110. The molecule has 2 amide bonds. The van der Waals surface area contributed by atoms with E-state index in [9.17, 15) is 9.59 Å². The van der Waals surface area contributed by atoms with Crippen LogP contribution >= 0.6 is 0 Å². The summed E-state index contributed by atoms with van der Waals surface area (Å²) < 4.78 is 5.19. The highest BCUT2D eigenvalue weighted by Gasteiger charge is 2.34. The lowest BCUT2D eigenvalue weighted by Crippen LogP contribution is -2.41. The molecule has 4 rings (SSSR count). The predicted octanol–water partition coefficient (Wildman–Crippen LogP) is 4.73. The number of hydrogen-bond acceptors (Lipinski definition) is 3. The number of imide groups is 1. The van der Waals surface area contributed by atoms with E-state index in [1.807, 2.05) is 79.7 Å². The van der Waals surface area contributed by atoms with Crippen LogP contribution in [-0.4, -0.2) is 23.8 Å². The van der Waals surface area contributed by atoms with Gasteiger partial charge in [-0.15, -0.1) is 0 Å². The van der Waals surface area contributed by atoms with Crippen LogP contribution in [0.25, 0.3) is 11.6 Å². The van der Waals surface area contributed by atoms with Crippen molar-refractivity contribution in [1.29, 1.82) is 0 Å². The van der Waals surface area contributed by atoms with Gasteiger partial charge in [0, 0.05) is 11.1 Å². The Hall–Kier alpha value is -3.66. The molecule has 0 bridgehead atoms. The number of methoxy groups -OCH3 is 1. The van der Waals surface area contributed by atoms with Gasteiger partial charge in [0.05, 0.1) is 13.7 Å². The molecule has 0 aliphatic carbocycles. The molecular formula is C25H21NO3. The van der Waals surface area contributed by atoms with Crippen molar-refractivity contribution in [2.45, 2.75) is 13.5 Å². The van der Waals surface area contributed by atoms with Gasteiger partial charge in [0.1, 0.15) is 5.75 Å². The van der Waals surface area contributed by atoms with Gasteiger partial charge in [0.15, 0.2) is 0 Å². The number of nitrogens with zero attached hydrogens (tertiary/aromatic N) is 1. The summed E-state index contributed by atoms with van der Waals surface area (Å²) in [5, 5.41) is 0. The molecule has 3 aromatic carbocycles. The Kier molecular flexibility index (Phi) is 5.00. The molecule has 144 valence electrons. The molecule has 0 fully saturated rings. The van der Waals surface area contributed by atoms with Crippen molar-refractivity contribution in [2.24, 2.45) is 0 Å². The fraction of sp³-hybridized carbons (Fsp3) is 0.120. The average molecular weight is 383 g/mol. The van der Waals surface area contributed by atoms with E-state index in [4.69, 9.17) is 4.74 Å². The number of hydrogen-bond donors (Lipinski definition) is 0. The van der Waals surface area contributed by atoms with E-state index in [1.165, 1.54) is 4.90 Å². The van der Waals surface area contributed by atoms with Crippen LogP contribution in [0.15, 0.2) is 72.8 Å². The summed E-state index contributed by atoms with van der Waals surface area (Å²) in [5.74, 6) is 0.173. The Balaban J connectivity index is 1.77. The number of carbonyl (C=O) groups excluding carboxylic acids is 2. The van der Waals surface area contributed by atoms with E-state index in [0.717, 1.165) is 22.4 Å². The first-order chi connectivity index (χ1) is 14.1. The minimum atomic E-state index is -0.284. The van der Waals surface area contributed by atoms with Crippen LogP contribution in [0.4, 0.5) is 0 Å². The summed E-state index contributed by atoms with van der Waals surface area (Å²) in [6.45, 7) is 2.22. The summed E-state index contributed by atoms with van der Waals surface area (Å²) in [6.07, 6.45) is 1.88. The second kappa shape index (κ2) is 7.76. The third-order valence-electron chi connectivity index (χ3n) is 5.16. The molecule has 1 aliphatic heterocycles. The molecular weight excluding hydrogens is 362 g/mol. The van der Waals surface area contributed by atoms with Crippen molar-refractivity contribution in [3.63, 3.8) is 0 Å². The number of aryl methyl sites for hydroxylation is 1. The Morgan fingerprint density at radius 2 is 1.48 bits per heavy atom. The molecule has 3 aromatic rings. The van der Waals surface area contributed by atoms with Crippen LogP contribution in [0.3, 0.4) is 0 Å². The molecule has 0 atom stereocenters. The van der Waals surface area contributed by atoms with Gasteiger partial charge in [-0.2, -0.15) is 0 Å². The fourth-order valence-electron chi connectivity index (χ4n) is 3.50. The van der Waals surface area contributed by atoms with Crippen LogP contribution in [0, 0.1) is 6.92 Å². The second-order valence-corrected chi connectivity index (χ2v) is 7.00. The van der Waals surface area contributed by atoms with Crippen LogP contribution in [0.5, 0.6) is 5.75 Å². The Morgan fingerprint density at radius 1 is 0.828 bits per heavy atom. The zero-order chi connectivity index (χ0) is 20.4. The van der Waals surface area contributed by atoms with Gasteiger partial charge in [0.25, 0.3) is 11.8 Å². The lowest BCUT2D eigenvalue weighted by molar-refractivity contribution is -0.123. The topological polar surface area (TPSA) is 46.6 Å². The Labute approximate surface area is 170 Å². The summed E-state index contributed by atoms with van der Waals surface area (Å²) in [5.41, 5.74) is 4.65. The molecule has 1 aliphatic rings.